The third-order valence-electron chi connectivity index (χ3n) is 3.10. The van der Waals surface area contributed by atoms with E-state index < -0.39 is 0 Å². The van der Waals surface area contributed by atoms with Gasteiger partial charge in [-0.3, -0.25) is 4.98 Å². The van der Waals surface area contributed by atoms with E-state index in [1.165, 1.54) is 0 Å². The molecule has 0 bridgehead atoms. The van der Waals surface area contributed by atoms with Crippen LogP contribution in [0.5, 0.6) is 0 Å². The molecule has 0 radical (unpaired) electrons. The summed E-state index contributed by atoms with van der Waals surface area (Å²) in [5.41, 5.74) is 1.79. The number of hydrogen-bond donors (Lipinski definition) is 0. The van der Waals surface area contributed by atoms with Crippen LogP contribution in [0.2, 0.25) is 0 Å². The van der Waals surface area contributed by atoms with Crippen LogP contribution < -0.4 is 0 Å². The molecule has 0 atom stereocenters. The van der Waals surface area contributed by atoms with Crippen molar-refractivity contribution in [3.63, 3.8) is 0 Å². The number of thiazole rings is 1. The molecule has 1 saturated carbocycles. The normalized spacial score (nSPS) is 16.5. The molecule has 2 aromatic rings. The van der Waals surface area contributed by atoms with Gasteiger partial charge in [0.15, 0.2) is 0 Å². The maximum absolute atomic E-state index is 9.23. The summed E-state index contributed by atoms with van der Waals surface area (Å²) in [6, 6.07) is 6.34. The summed E-state index contributed by atoms with van der Waals surface area (Å²) in [6.45, 7) is 1.99. The van der Waals surface area contributed by atoms with Gasteiger partial charge in [-0.15, -0.1) is 11.3 Å². The van der Waals surface area contributed by atoms with Crippen molar-refractivity contribution in [2.75, 3.05) is 0 Å². The van der Waals surface area contributed by atoms with Crippen LogP contribution in [-0.4, -0.2) is 9.97 Å². The van der Waals surface area contributed by atoms with Crippen LogP contribution in [0.15, 0.2) is 24.5 Å². The van der Waals surface area contributed by atoms with Crippen LogP contribution in [0.3, 0.4) is 0 Å². The van der Waals surface area contributed by atoms with Gasteiger partial charge in [-0.25, -0.2) is 4.98 Å². The van der Waals surface area contributed by atoms with Crippen molar-refractivity contribution in [3.05, 3.63) is 35.1 Å². The van der Waals surface area contributed by atoms with Gasteiger partial charge in [0.2, 0.25) is 0 Å². The lowest BCUT2D eigenvalue weighted by molar-refractivity contribution is 0.914. The molecule has 0 amide bonds. The minimum atomic E-state index is -0.234. The van der Waals surface area contributed by atoms with Crippen molar-refractivity contribution < 1.29 is 0 Å². The standard InChI is InChI=1S/C13H11N3S/c1-9-11(13(8-14)4-5-13)17-12(16-9)10-3-2-6-15-7-10/h2-3,6-7H,4-5H2,1H3. The van der Waals surface area contributed by atoms with Gasteiger partial charge >= 0.3 is 0 Å². The molecular formula is C13H11N3S. The van der Waals surface area contributed by atoms with Crippen molar-refractivity contribution in [2.24, 2.45) is 0 Å². The Hall–Kier alpha value is -1.73. The Balaban J connectivity index is 2.06. The fraction of sp³-hybridized carbons (Fsp3) is 0.308. The Bertz CT molecular complexity index is 591. The molecule has 0 N–H and O–H groups in total. The zero-order valence-corrected chi connectivity index (χ0v) is 10.3. The number of nitrogens with zero attached hydrogens (tertiary/aromatic N) is 3. The number of nitriles is 1. The van der Waals surface area contributed by atoms with Gasteiger partial charge in [0.1, 0.15) is 5.01 Å². The van der Waals surface area contributed by atoms with Crippen LogP contribution >= 0.6 is 11.3 Å². The van der Waals surface area contributed by atoms with E-state index in [4.69, 9.17) is 0 Å². The Morgan fingerprint density at radius 3 is 2.88 bits per heavy atom. The second-order valence-electron chi connectivity index (χ2n) is 4.37. The summed E-state index contributed by atoms with van der Waals surface area (Å²) in [5.74, 6) is 0. The summed E-state index contributed by atoms with van der Waals surface area (Å²) in [4.78, 5) is 9.80. The van der Waals surface area contributed by atoms with Gasteiger partial charge in [0.05, 0.1) is 17.2 Å². The molecule has 17 heavy (non-hydrogen) atoms. The number of aromatic nitrogens is 2. The highest BCUT2D eigenvalue weighted by atomic mass is 32.1. The molecule has 4 heteroatoms. The van der Waals surface area contributed by atoms with Crippen LogP contribution in [-0.2, 0) is 5.41 Å². The summed E-state index contributed by atoms with van der Waals surface area (Å²) in [6.07, 6.45) is 5.51. The summed E-state index contributed by atoms with van der Waals surface area (Å²) >= 11 is 1.63. The third kappa shape index (κ3) is 1.63. The molecule has 3 nitrogen and oxygen atoms in total. The molecule has 1 fully saturated rings. The minimum Gasteiger partial charge on any atom is -0.264 e. The molecule has 0 saturated heterocycles. The van der Waals surface area contributed by atoms with Gasteiger partial charge in [-0.2, -0.15) is 5.26 Å². The lowest BCUT2D eigenvalue weighted by Gasteiger charge is -2.00. The molecule has 0 unspecified atom stereocenters. The summed E-state index contributed by atoms with van der Waals surface area (Å²) in [5, 5.41) is 10.2. The first-order chi connectivity index (χ1) is 8.25. The fourth-order valence-corrected chi connectivity index (χ4v) is 3.22. The first-order valence-corrected chi connectivity index (χ1v) is 6.36. The second kappa shape index (κ2) is 3.64. The van der Waals surface area contributed by atoms with Gasteiger partial charge in [0.25, 0.3) is 0 Å². The molecule has 1 aliphatic carbocycles. The van der Waals surface area contributed by atoms with Crippen LogP contribution in [0, 0.1) is 18.3 Å². The van der Waals surface area contributed by atoms with Crippen LogP contribution in [0.4, 0.5) is 0 Å². The Labute approximate surface area is 104 Å². The van der Waals surface area contributed by atoms with Crippen molar-refractivity contribution in [1.29, 1.82) is 5.26 Å². The van der Waals surface area contributed by atoms with E-state index in [2.05, 4.69) is 16.0 Å². The first-order valence-electron chi connectivity index (χ1n) is 5.55. The lowest BCUT2D eigenvalue weighted by atomic mass is 10.1. The van der Waals surface area contributed by atoms with Crippen LogP contribution in [0.25, 0.3) is 10.6 Å². The average Bonchev–Trinajstić information content (AvgIpc) is 3.07. The molecule has 0 spiro atoms. The average molecular weight is 241 g/mol. The smallest absolute Gasteiger partial charge is 0.125 e. The van der Waals surface area contributed by atoms with Gasteiger partial charge in [-0.1, -0.05) is 0 Å². The second-order valence-corrected chi connectivity index (χ2v) is 5.37. The first kappa shape index (κ1) is 10.4. The third-order valence-corrected chi connectivity index (χ3v) is 4.51. The Kier molecular flexibility index (Phi) is 2.23. The van der Waals surface area contributed by atoms with Gasteiger partial charge in [0, 0.05) is 22.8 Å². The van der Waals surface area contributed by atoms with Crippen molar-refractivity contribution in [1.82, 2.24) is 9.97 Å². The van der Waals surface area contributed by atoms with E-state index in [9.17, 15) is 5.26 Å². The van der Waals surface area contributed by atoms with E-state index in [-0.39, 0.29) is 5.41 Å². The highest BCUT2D eigenvalue weighted by Gasteiger charge is 2.47. The number of hydrogen-bond acceptors (Lipinski definition) is 4. The topological polar surface area (TPSA) is 49.6 Å². The predicted molar refractivity (Wildman–Crippen MR) is 66.6 cm³/mol. The molecular weight excluding hydrogens is 230 g/mol. The minimum absolute atomic E-state index is 0.234. The Morgan fingerprint density at radius 2 is 2.29 bits per heavy atom. The molecule has 0 aliphatic heterocycles. The maximum atomic E-state index is 9.23. The monoisotopic (exact) mass is 241 g/mol. The largest absolute Gasteiger partial charge is 0.264 e. The summed E-state index contributed by atoms with van der Waals surface area (Å²) < 4.78 is 0. The lowest BCUT2D eigenvalue weighted by Crippen LogP contribution is -2.01. The van der Waals surface area contributed by atoms with Gasteiger partial charge in [-0.05, 0) is 31.9 Å². The molecule has 3 rings (SSSR count). The maximum Gasteiger partial charge on any atom is 0.125 e. The van der Waals surface area contributed by atoms with Crippen LogP contribution in [0.1, 0.15) is 23.4 Å². The molecule has 2 heterocycles. The number of rotatable bonds is 2. The molecule has 2 aromatic heterocycles. The zero-order chi connectivity index (χ0) is 11.9. The zero-order valence-electron chi connectivity index (χ0n) is 9.47. The molecule has 84 valence electrons. The quantitative estimate of drug-likeness (QED) is 0.811. The summed E-state index contributed by atoms with van der Waals surface area (Å²) in [7, 11) is 0. The van der Waals surface area contributed by atoms with E-state index in [0.29, 0.717) is 0 Å². The highest BCUT2D eigenvalue weighted by Crippen LogP contribution is 2.51. The molecule has 1 aliphatic rings. The highest BCUT2D eigenvalue weighted by molar-refractivity contribution is 7.15. The van der Waals surface area contributed by atoms with E-state index in [1.54, 1.807) is 17.5 Å². The number of aryl methyl sites for hydroxylation is 1. The van der Waals surface area contributed by atoms with E-state index in [1.807, 2.05) is 25.3 Å². The fourth-order valence-electron chi connectivity index (χ4n) is 1.97. The van der Waals surface area contributed by atoms with Crippen molar-refractivity contribution >= 4 is 11.3 Å². The molecule has 0 aromatic carbocycles. The van der Waals surface area contributed by atoms with Gasteiger partial charge < -0.3 is 0 Å². The van der Waals surface area contributed by atoms with E-state index in [0.717, 1.165) is 34.0 Å². The van der Waals surface area contributed by atoms with E-state index >= 15 is 0 Å². The predicted octanol–water partition coefficient (Wildman–Crippen LogP) is 3.07. The SMILES string of the molecule is Cc1nc(-c2cccnc2)sc1C1(C#N)CC1. The van der Waals surface area contributed by atoms with Crippen molar-refractivity contribution in [2.45, 2.75) is 25.2 Å². The number of pyridine rings is 1. The van der Waals surface area contributed by atoms with Crippen molar-refractivity contribution in [3.8, 4) is 16.6 Å². The Morgan fingerprint density at radius 1 is 1.47 bits per heavy atom.